The Morgan fingerprint density at radius 3 is 2.84 bits per heavy atom. The summed E-state index contributed by atoms with van der Waals surface area (Å²) < 4.78 is 2.09. The number of rotatable bonds is 6. The Hall–Kier alpha value is -1.91. The molecule has 0 spiro atoms. The van der Waals surface area contributed by atoms with Crippen molar-refractivity contribution in [3.05, 3.63) is 36.3 Å². The van der Waals surface area contributed by atoms with E-state index in [4.69, 9.17) is 0 Å². The van der Waals surface area contributed by atoms with Gasteiger partial charge < -0.3 is 9.47 Å². The van der Waals surface area contributed by atoms with Crippen molar-refractivity contribution in [1.29, 1.82) is 0 Å². The lowest BCUT2D eigenvalue weighted by molar-refractivity contribution is 0.635. The zero-order chi connectivity index (χ0) is 13.7. The van der Waals surface area contributed by atoms with Crippen LogP contribution in [-0.4, -0.2) is 33.1 Å². The van der Waals surface area contributed by atoms with Gasteiger partial charge in [0.25, 0.3) is 0 Å². The number of nitrogens with zero attached hydrogens (tertiary/aromatic N) is 5. The first-order valence-electron chi connectivity index (χ1n) is 6.70. The molecular weight excluding hydrogens is 238 g/mol. The van der Waals surface area contributed by atoms with E-state index in [2.05, 4.69) is 44.5 Å². The van der Waals surface area contributed by atoms with E-state index < -0.39 is 0 Å². The fourth-order valence-electron chi connectivity index (χ4n) is 2.01. The van der Waals surface area contributed by atoms with Crippen LogP contribution < -0.4 is 4.90 Å². The van der Waals surface area contributed by atoms with Crippen LogP contribution in [0.3, 0.4) is 0 Å². The van der Waals surface area contributed by atoms with E-state index in [1.165, 1.54) is 0 Å². The molecule has 2 aromatic rings. The minimum Gasteiger partial charge on any atom is -0.359 e. The normalized spacial score (nSPS) is 10.7. The van der Waals surface area contributed by atoms with Crippen molar-refractivity contribution in [3.8, 4) is 0 Å². The highest BCUT2D eigenvalue weighted by Crippen LogP contribution is 2.12. The zero-order valence-corrected chi connectivity index (χ0v) is 11.9. The Kier molecular flexibility index (Phi) is 4.49. The summed E-state index contributed by atoms with van der Waals surface area (Å²) in [6.45, 7) is 6.01. The van der Waals surface area contributed by atoms with Crippen LogP contribution in [0.4, 0.5) is 5.82 Å². The fourth-order valence-corrected chi connectivity index (χ4v) is 2.01. The molecule has 0 atom stereocenters. The maximum absolute atomic E-state index is 4.49. The first-order valence-corrected chi connectivity index (χ1v) is 6.70. The molecule has 5 heteroatoms. The summed E-state index contributed by atoms with van der Waals surface area (Å²) in [5.74, 6) is 1.85. The van der Waals surface area contributed by atoms with E-state index in [9.17, 15) is 0 Å². The van der Waals surface area contributed by atoms with Crippen LogP contribution in [-0.2, 0) is 13.0 Å². The summed E-state index contributed by atoms with van der Waals surface area (Å²) in [7, 11) is 2.08. The summed E-state index contributed by atoms with van der Waals surface area (Å²) in [4.78, 5) is 15.1. The second-order valence-corrected chi connectivity index (χ2v) is 4.69. The van der Waals surface area contributed by atoms with E-state index >= 15 is 0 Å². The molecule has 0 saturated heterocycles. The predicted molar refractivity (Wildman–Crippen MR) is 76.3 cm³/mol. The molecular formula is C14H21N5. The van der Waals surface area contributed by atoms with Crippen LogP contribution in [0.5, 0.6) is 0 Å². The van der Waals surface area contributed by atoms with E-state index in [0.717, 1.165) is 43.3 Å². The van der Waals surface area contributed by atoms with E-state index in [-0.39, 0.29) is 0 Å². The Morgan fingerprint density at radius 2 is 2.16 bits per heavy atom. The maximum atomic E-state index is 4.49. The highest BCUT2D eigenvalue weighted by atomic mass is 15.2. The fraction of sp³-hybridized carbons (Fsp3) is 0.500. The average Bonchev–Trinajstić information content (AvgIpc) is 2.91. The van der Waals surface area contributed by atoms with Gasteiger partial charge in [0.1, 0.15) is 11.6 Å². The lowest BCUT2D eigenvalue weighted by Crippen LogP contribution is -2.21. The average molecular weight is 259 g/mol. The summed E-state index contributed by atoms with van der Waals surface area (Å²) >= 11 is 0. The molecule has 0 N–H and O–H groups in total. The van der Waals surface area contributed by atoms with Crippen molar-refractivity contribution in [2.45, 2.75) is 33.2 Å². The minimum absolute atomic E-state index is 0.843. The van der Waals surface area contributed by atoms with Crippen LogP contribution in [0.25, 0.3) is 0 Å². The van der Waals surface area contributed by atoms with Crippen LogP contribution in [0.15, 0.2) is 24.8 Å². The first kappa shape index (κ1) is 13.5. The topological polar surface area (TPSA) is 46.8 Å². The SMILES string of the molecule is CCc1cc(N(C)CCCn2ccnc2)nc(C)n1. The molecule has 102 valence electrons. The predicted octanol–water partition coefficient (Wildman–Crippen LogP) is 2.07. The lowest BCUT2D eigenvalue weighted by Gasteiger charge is -2.19. The third kappa shape index (κ3) is 3.77. The van der Waals surface area contributed by atoms with Gasteiger partial charge in [-0.2, -0.15) is 0 Å². The Labute approximate surface area is 114 Å². The van der Waals surface area contributed by atoms with Crippen molar-refractivity contribution in [2.75, 3.05) is 18.5 Å². The lowest BCUT2D eigenvalue weighted by atomic mass is 10.3. The third-order valence-corrected chi connectivity index (χ3v) is 3.10. The zero-order valence-electron chi connectivity index (χ0n) is 11.9. The van der Waals surface area contributed by atoms with Gasteiger partial charge in [0, 0.05) is 44.3 Å². The Morgan fingerprint density at radius 1 is 1.32 bits per heavy atom. The highest BCUT2D eigenvalue weighted by molar-refractivity contribution is 5.38. The van der Waals surface area contributed by atoms with Gasteiger partial charge in [-0.3, -0.25) is 0 Å². The first-order chi connectivity index (χ1) is 9.19. The molecule has 0 bridgehead atoms. The Bertz CT molecular complexity index is 507. The second kappa shape index (κ2) is 6.31. The molecule has 0 fully saturated rings. The van der Waals surface area contributed by atoms with Gasteiger partial charge in [-0.25, -0.2) is 15.0 Å². The number of hydrogen-bond donors (Lipinski definition) is 0. The van der Waals surface area contributed by atoms with Crippen LogP contribution in [0, 0.1) is 6.92 Å². The largest absolute Gasteiger partial charge is 0.359 e. The van der Waals surface area contributed by atoms with Gasteiger partial charge in [-0.05, 0) is 19.8 Å². The third-order valence-electron chi connectivity index (χ3n) is 3.10. The van der Waals surface area contributed by atoms with E-state index in [1.54, 1.807) is 0 Å². The molecule has 0 amide bonds. The van der Waals surface area contributed by atoms with Crippen LogP contribution in [0.1, 0.15) is 24.9 Å². The highest BCUT2D eigenvalue weighted by Gasteiger charge is 2.05. The molecule has 2 rings (SSSR count). The number of imidazole rings is 1. The van der Waals surface area contributed by atoms with Crippen molar-refractivity contribution >= 4 is 5.82 Å². The molecule has 19 heavy (non-hydrogen) atoms. The number of aryl methyl sites for hydroxylation is 3. The standard InChI is InChI=1S/C14H21N5/c1-4-13-10-14(17-12(2)16-13)18(3)7-5-8-19-9-6-15-11-19/h6,9-11H,4-5,7-8H2,1-3H3. The quantitative estimate of drug-likeness (QED) is 0.796. The monoisotopic (exact) mass is 259 g/mol. The molecule has 5 nitrogen and oxygen atoms in total. The molecule has 0 aliphatic heterocycles. The van der Waals surface area contributed by atoms with Crippen molar-refractivity contribution in [1.82, 2.24) is 19.5 Å². The van der Waals surface area contributed by atoms with Crippen LogP contribution >= 0.6 is 0 Å². The molecule has 2 aromatic heterocycles. The number of hydrogen-bond acceptors (Lipinski definition) is 4. The summed E-state index contributed by atoms with van der Waals surface area (Å²) in [5, 5.41) is 0. The molecule has 0 radical (unpaired) electrons. The van der Waals surface area contributed by atoms with Crippen molar-refractivity contribution < 1.29 is 0 Å². The maximum Gasteiger partial charge on any atom is 0.132 e. The molecule has 0 saturated carbocycles. The smallest absolute Gasteiger partial charge is 0.132 e. The molecule has 0 aliphatic rings. The van der Waals surface area contributed by atoms with E-state index in [0.29, 0.717) is 0 Å². The van der Waals surface area contributed by atoms with Crippen LogP contribution in [0.2, 0.25) is 0 Å². The van der Waals surface area contributed by atoms with Gasteiger partial charge >= 0.3 is 0 Å². The van der Waals surface area contributed by atoms with Crippen molar-refractivity contribution in [3.63, 3.8) is 0 Å². The molecule has 0 aromatic carbocycles. The molecule has 0 aliphatic carbocycles. The summed E-state index contributed by atoms with van der Waals surface area (Å²) in [6.07, 6.45) is 7.66. The summed E-state index contributed by atoms with van der Waals surface area (Å²) in [5.41, 5.74) is 1.10. The second-order valence-electron chi connectivity index (χ2n) is 4.69. The summed E-state index contributed by atoms with van der Waals surface area (Å²) in [6, 6.07) is 2.07. The van der Waals surface area contributed by atoms with Crippen molar-refractivity contribution in [2.24, 2.45) is 0 Å². The molecule has 2 heterocycles. The number of aromatic nitrogens is 4. The van der Waals surface area contributed by atoms with Gasteiger partial charge in [-0.15, -0.1) is 0 Å². The van der Waals surface area contributed by atoms with Gasteiger partial charge in [0.15, 0.2) is 0 Å². The minimum atomic E-state index is 0.843. The number of anilines is 1. The van der Waals surface area contributed by atoms with Gasteiger partial charge in [0.2, 0.25) is 0 Å². The van der Waals surface area contributed by atoms with Gasteiger partial charge in [-0.1, -0.05) is 6.92 Å². The molecule has 0 unspecified atom stereocenters. The van der Waals surface area contributed by atoms with E-state index in [1.807, 2.05) is 25.6 Å². The van der Waals surface area contributed by atoms with Gasteiger partial charge in [0.05, 0.1) is 6.33 Å². The Balaban J connectivity index is 1.92.